The van der Waals surface area contributed by atoms with E-state index in [2.05, 4.69) is 5.32 Å². The van der Waals surface area contributed by atoms with Crippen LogP contribution in [0.15, 0.2) is 54.6 Å². The van der Waals surface area contributed by atoms with E-state index in [4.69, 9.17) is 9.47 Å². The minimum atomic E-state index is -1.15. The van der Waals surface area contributed by atoms with Crippen molar-refractivity contribution in [3.8, 4) is 0 Å². The number of nitrogens with zero attached hydrogens (tertiary/aromatic N) is 1. The first-order valence-corrected chi connectivity index (χ1v) is 15.7. The summed E-state index contributed by atoms with van der Waals surface area (Å²) in [6.07, 6.45) is 4.75. The second-order valence-electron chi connectivity index (χ2n) is 13.2. The van der Waals surface area contributed by atoms with Gasteiger partial charge in [0.1, 0.15) is 12.6 Å². The summed E-state index contributed by atoms with van der Waals surface area (Å²) in [5.74, 6) is -3.61. The fourth-order valence-corrected chi connectivity index (χ4v) is 6.27. The lowest BCUT2D eigenvalue weighted by molar-refractivity contribution is -0.176. The Labute approximate surface area is 264 Å². The van der Waals surface area contributed by atoms with Crippen LogP contribution >= 0.6 is 0 Å². The number of carboxylic acids is 1. The highest BCUT2D eigenvalue weighted by Gasteiger charge is 2.46. The van der Waals surface area contributed by atoms with E-state index in [1.165, 1.54) is 4.90 Å². The molecule has 2 aromatic carbocycles. The topological polar surface area (TPSA) is 139 Å². The van der Waals surface area contributed by atoms with Gasteiger partial charge in [0.15, 0.2) is 0 Å². The van der Waals surface area contributed by atoms with Gasteiger partial charge < -0.3 is 19.9 Å². The van der Waals surface area contributed by atoms with Crippen molar-refractivity contribution in [2.24, 2.45) is 16.7 Å². The van der Waals surface area contributed by atoms with Gasteiger partial charge in [0.05, 0.1) is 16.7 Å². The molecule has 2 amide bonds. The number of fused-ring (bicyclic) bond motifs is 1. The smallest absolute Gasteiger partial charge is 0.323 e. The molecule has 2 aromatic rings. The molecule has 4 rings (SSSR count). The number of amides is 2. The van der Waals surface area contributed by atoms with Crippen molar-refractivity contribution in [2.45, 2.75) is 84.6 Å². The number of carboxylic acid groups (broad SMARTS) is 1. The molecular weight excluding hydrogens is 576 g/mol. The van der Waals surface area contributed by atoms with E-state index in [-0.39, 0.29) is 12.3 Å². The summed E-state index contributed by atoms with van der Waals surface area (Å²) in [5.41, 5.74) is 0.770. The van der Waals surface area contributed by atoms with Crippen molar-refractivity contribution in [3.05, 3.63) is 65.7 Å². The molecule has 1 heterocycles. The average molecular weight is 621 g/mol. The van der Waals surface area contributed by atoms with Gasteiger partial charge in [-0.1, -0.05) is 61.4 Å². The molecule has 1 fully saturated rings. The van der Waals surface area contributed by atoms with Crippen LogP contribution in [0.1, 0.15) is 76.8 Å². The fourth-order valence-electron chi connectivity index (χ4n) is 6.27. The number of anilines is 1. The molecule has 1 saturated carbocycles. The molecular formula is C35H44N2O8. The van der Waals surface area contributed by atoms with Crippen molar-refractivity contribution in [1.29, 1.82) is 0 Å². The van der Waals surface area contributed by atoms with Crippen LogP contribution < -0.4 is 10.2 Å². The third-order valence-electron chi connectivity index (χ3n) is 8.79. The number of rotatable bonds is 12. The molecule has 1 aliphatic carbocycles. The summed E-state index contributed by atoms with van der Waals surface area (Å²) in [4.78, 5) is 66.4. The molecule has 0 aromatic heterocycles. The van der Waals surface area contributed by atoms with Gasteiger partial charge >= 0.3 is 17.9 Å². The molecule has 1 aliphatic heterocycles. The normalized spacial score (nSPS) is 18.3. The molecule has 45 heavy (non-hydrogen) atoms. The summed E-state index contributed by atoms with van der Waals surface area (Å²) in [6.45, 7) is 4.11. The number of hydrogen-bond acceptors (Lipinski definition) is 7. The standard InChI is InChI=1S/C35H44N2O8/c1-34(2,3)33(43)45-23-44-31(41)26(16-15-24-11-5-4-6-12-24)21-35(19-9-10-20-35)32(42)36-27-18-17-25-13-7-8-14-28(25)37(30(27)40)22-29(38)39/h4-8,11-14,26-27H,9-10,15-23H2,1-3H3,(H,36,42)(H,38,39). The Bertz CT molecular complexity index is 1380. The highest BCUT2D eigenvalue weighted by molar-refractivity contribution is 6.03. The van der Waals surface area contributed by atoms with Crippen LogP contribution in [0.5, 0.6) is 0 Å². The Hall–Kier alpha value is -4.21. The van der Waals surface area contributed by atoms with E-state index in [1.54, 1.807) is 32.9 Å². The van der Waals surface area contributed by atoms with Crippen LogP contribution in [-0.4, -0.2) is 54.2 Å². The molecule has 2 N–H and O–H groups in total. The number of aliphatic carboxylic acids is 1. The predicted octanol–water partition coefficient (Wildman–Crippen LogP) is 4.82. The van der Waals surface area contributed by atoms with Crippen molar-refractivity contribution in [3.63, 3.8) is 0 Å². The number of carbonyl (C=O) groups is 5. The lowest BCUT2D eigenvalue weighted by Crippen LogP contribution is -2.53. The number of ether oxygens (including phenoxy) is 2. The summed E-state index contributed by atoms with van der Waals surface area (Å²) in [5, 5.41) is 12.5. The number of hydrogen-bond donors (Lipinski definition) is 2. The molecule has 0 bridgehead atoms. The van der Waals surface area contributed by atoms with Crippen molar-refractivity contribution in [2.75, 3.05) is 18.2 Å². The Kier molecular flexibility index (Phi) is 11.0. The molecule has 2 atom stereocenters. The van der Waals surface area contributed by atoms with Crippen LogP contribution in [-0.2, 0) is 46.3 Å². The Morgan fingerprint density at radius 1 is 1.00 bits per heavy atom. The second kappa shape index (κ2) is 14.7. The lowest BCUT2D eigenvalue weighted by atomic mass is 9.75. The van der Waals surface area contributed by atoms with Crippen molar-refractivity contribution in [1.82, 2.24) is 5.32 Å². The van der Waals surface area contributed by atoms with Crippen molar-refractivity contribution < 1.29 is 38.6 Å². The van der Waals surface area contributed by atoms with Gasteiger partial charge in [-0.3, -0.25) is 28.9 Å². The Morgan fingerprint density at radius 2 is 1.67 bits per heavy atom. The van der Waals surface area contributed by atoms with Gasteiger partial charge in [-0.2, -0.15) is 0 Å². The van der Waals surface area contributed by atoms with Crippen LogP contribution in [0.4, 0.5) is 5.69 Å². The third kappa shape index (κ3) is 8.71. The highest BCUT2D eigenvalue weighted by Crippen LogP contribution is 2.45. The van der Waals surface area contributed by atoms with Crippen LogP contribution in [0, 0.1) is 16.7 Å². The van der Waals surface area contributed by atoms with E-state index in [9.17, 15) is 29.1 Å². The van der Waals surface area contributed by atoms with E-state index in [0.717, 1.165) is 24.0 Å². The summed E-state index contributed by atoms with van der Waals surface area (Å²) in [7, 11) is 0. The number of esters is 2. The zero-order chi connectivity index (χ0) is 32.6. The SMILES string of the molecule is CC(C)(C)C(=O)OCOC(=O)C(CCc1ccccc1)CC1(C(=O)NC2CCc3ccccc3N(CC(=O)O)C2=O)CCCC1. The number of carbonyl (C=O) groups excluding carboxylic acids is 4. The summed E-state index contributed by atoms with van der Waals surface area (Å²) >= 11 is 0. The van der Waals surface area contributed by atoms with Gasteiger partial charge in [-0.05, 0) is 82.9 Å². The second-order valence-corrected chi connectivity index (χ2v) is 13.2. The molecule has 2 aliphatic rings. The van der Waals surface area contributed by atoms with Gasteiger partial charge in [0, 0.05) is 5.69 Å². The predicted molar refractivity (Wildman–Crippen MR) is 167 cm³/mol. The van der Waals surface area contributed by atoms with Crippen LogP contribution in [0.2, 0.25) is 0 Å². The monoisotopic (exact) mass is 620 g/mol. The minimum absolute atomic E-state index is 0.220. The number of para-hydroxylation sites is 1. The molecule has 10 nitrogen and oxygen atoms in total. The minimum Gasteiger partial charge on any atom is -0.480 e. The van der Waals surface area contributed by atoms with Gasteiger partial charge in [-0.25, -0.2) is 0 Å². The number of aryl methyl sites for hydroxylation is 2. The maximum atomic E-state index is 14.1. The molecule has 0 saturated heterocycles. The van der Waals surface area contributed by atoms with E-state index < -0.39 is 59.9 Å². The number of benzene rings is 2. The molecule has 0 radical (unpaired) electrons. The Morgan fingerprint density at radius 3 is 2.33 bits per heavy atom. The molecule has 0 spiro atoms. The highest BCUT2D eigenvalue weighted by atomic mass is 16.7. The van der Waals surface area contributed by atoms with Crippen molar-refractivity contribution >= 4 is 35.4 Å². The first-order chi connectivity index (χ1) is 21.4. The zero-order valence-electron chi connectivity index (χ0n) is 26.4. The van der Waals surface area contributed by atoms with Crippen LogP contribution in [0.25, 0.3) is 0 Å². The van der Waals surface area contributed by atoms with Gasteiger partial charge in [0.25, 0.3) is 0 Å². The first-order valence-electron chi connectivity index (χ1n) is 15.7. The first kappa shape index (κ1) is 33.7. The summed E-state index contributed by atoms with van der Waals surface area (Å²) < 4.78 is 10.6. The quantitative estimate of drug-likeness (QED) is 0.254. The fraction of sp³-hybridized carbons (Fsp3) is 0.514. The summed E-state index contributed by atoms with van der Waals surface area (Å²) in [6, 6.07) is 16.0. The van der Waals surface area contributed by atoms with E-state index in [1.807, 2.05) is 42.5 Å². The lowest BCUT2D eigenvalue weighted by Gasteiger charge is -2.33. The maximum Gasteiger partial charge on any atom is 0.323 e. The number of nitrogens with one attached hydrogen (secondary N) is 1. The Balaban J connectivity index is 1.52. The molecule has 10 heteroatoms. The third-order valence-corrected chi connectivity index (χ3v) is 8.79. The van der Waals surface area contributed by atoms with E-state index >= 15 is 0 Å². The van der Waals surface area contributed by atoms with Gasteiger partial charge in [-0.15, -0.1) is 0 Å². The average Bonchev–Trinajstić information content (AvgIpc) is 3.45. The zero-order valence-corrected chi connectivity index (χ0v) is 26.4. The van der Waals surface area contributed by atoms with Gasteiger partial charge in [0.2, 0.25) is 18.6 Å². The molecule has 242 valence electrons. The molecule has 2 unspecified atom stereocenters. The van der Waals surface area contributed by atoms with Crippen LogP contribution in [0.3, 0.4) is 0 Å². The van der Waals surface area contributed by atoms with E-state index in [0.29, 0.717) is 44.2 Å². The maximum absolute atomic E-state index is 14.1. The largest absolute Gasteiger partial charge is 0.480 e.